The number of nitrogens with one attached hydrogen (secondary N) is 2. The number of nitrogens with zero attached hydrogens (tertiary/aromatic N) is 1. The smallest absolute Gasteiger partial charge is 0.262 e. The zero-order chi connectivity index (χ0) is 19.4. The Morgan fingerprint density at radius 2 is 1.96 bits per heavy atom. The van der Waals surface area contributed by atoms with E-state index in [1.54, 1.807) is 6.07 Å². The number of carbonyl (C=O) groups excluding carboxylic acids is 1. The SMILES string of the molecule is Cc1ccc(CNC(=O)CCCn2c(=S)[nH]c3ccc(Br)cc3c2=O)cc1. The maximum absolute atomic E-state index is 12.7. The van der Waals surface area contributed by atoms with Crippen molar-refractivity contribution in [2.45, 2.75) is 32.9 Å². The zero-order valence-electron chi connectivity index (χ0n) is 14.9. The molecule has 1 heterocycles. The summed E-state index contributed by atoms with van der Waals surface area (Å²) in [5.74, 6) is -0.0398. The number of hydrogen-bond acceptors (Lipinski definition) is 3. The minimum atomic E-state index is -0.143. The van der Waals surface area contributed by atoms with Gasteiger partial charge in [0.2, 0.25) is 5.91 Å². The average Bonchev–Trinajstić information content (AvgIpc) is 2.64. The van der Waals surface area contributed by atoms with Crippen LogP contribution in [0.2, 0.25) is 0 Å². The summed E-state index contributed by atoms with van der Waals surface area (Å²) in [6.45, 7) is 2.93. The van der Waals surface area contributed by atoms with Gasteiger partial charge in [0, 0.05) is 24.0 Å². The van der Waals surface area contributed by atoms with Crippen LogP contribution in [0.4, 0.5) is 0 Å². The quantitative estimate of drug-likeness (QED) is 0.557. The van der Waals surface area contributed by atoms with E-state index in [9.17, 15) is 9.59 Å². The fourth-order valence-corrected chi connectivity index (χ4v) is 3.46. The molecule has 0 aliphatic heterocycles. The fraction of sp³-hybridized carbons (Fsp3) is 0.250. The van der Waals surface area contributed by atoms with Gasteiger partial charge in [-0.05, 0) is 49.3 Å². The van der Waals surface area contributed by atoms with Crippen molar-refractivity contribution in [2.75, 3.05) is 0 Å². The molecule has 0 unspecified atom stereocenters. The van der Waals surface area contributed by atoms with Gasteiger partial charge in [0.25, 0.3) is 5.56 Å². The van der Waals surface area contributed by atoms with Crippen molar-refractivity contribution < 1.29 is 4.79 Å². The molecule has 0 spiro atoms. The van der Waals surface area contributed by atoms with Gasteiger partial charge in [0.1, 0.15) is 0 Å². The van der Waals surface area contributed by atoms with Gasteiger partial charge in [-0.3, -0.25) is 14.2 Å². The number of aromatic amines is 1. The van der Waals surface area contributed by atoms with E-state index < -0.39 is 0 Å². The molecule has 0 bridgehead atoms. The first-order valence-corrected chi connectivity index (χ1v) is 9.89. The lowest BCUT2D eigenvalue weighted by molar-refractivity contribution is -0.121. The molecule has 0 fully saturated rings. The number of benzene rings is 2. The Labute approximate surface area is 170 Å². The molecule has 27 heavy (non-hydrogen) atoms. The van der Waals surface area contributed by atoms with Gasteiger partial charge in [-0.2, -0.15) is 0 Å². The van der Waals surface area contributed by atoms with Crippen LogP contribution in [0.3, 0.4) is 0 Å². The lowest BCUT2D eigenvalue weighted by Crippen LogP contribution is -2.25. The van der Waals surface area contributed by atoms with Gasteiger partial charge in [-0.25, -0.2) is 0 Å². The van der Waals surface area contributed by atoms with E-state index in [4.69, 9.17) is 12.2 Å². The minimum absolute atomic E-state index is 0.0398. The van der Waals surface area contributed by atoms with Gasteiger partial charge in [-0.15, -0.1) is 0 Å². The summed E-state index contributed by atoms with van der Waals surface area (Å²) >= 11 is 8.68. The van der Waals surface area contributed by atoms with Crippen LogP contribution in [-0.4, -0.2) is 15.5 Å². The predicted molar refractivity (Wildman–Crippen MR) is 113 cm³/mol. The number of hydrogen-bond donors (Lipinski definition) is 2. The molecule has 1 amide bonds. The van der Waals surface area contributed by atoms with E-state index in [0.29, 0.717) is 41.6 Å². The Bertz CT molecular complexity index is 1090. The summed E-state index contributed by atoms with van der Waals surface area (Å²) in [6, 6.07) is 13.5. The van der Waals surface area contributed by atoms with Crippen LogP contribution in [0.25, 0.3) is 10.9 Å². The minimum Gasteiger partial charge on any atom is -0.352 e. The third-order valence-corrected chi connectivity index (χ3v) is 5.16. The molecule has 2 N–H and O–H groups in total. The van der Waals surface area contributed by atoms with Crippen molar-refractivity contribution in [1.82, 2.24) is 14.9 Å². The van der Waals surface area contributed by atoms with Crippen LogP contribution >= 0.6 is 28.1 Å². The van der Waals surface area contributed by atoms with Gasteiger partial charge < -0.3 is 10.3 Å². The highest BCUT2D eigenvalue weighted by molar-refractivity contribution is 9.10. The van der Waals surface area contributed by atoms with Gasteiger partial charge in [-0.1, -0.05) is 45.8 Å². The van der Waals surface area contributed by atoms with Crippen LogP contribution < -0.4 is 10.9 Å². The van der Waals surface area contributed by atoms with Crippen molar-refractivity contribution in [3.8, 4) is 0 Å². The Kier molecular flexibility index (Phi) is 6.23. The molecule has 0 radical (unpaired) electrons. The number of amides is 1. The lowest BCUT2D eigenvalue weighted by Gasteiger charge is -2.09. The first-order chi connectivity index (χ1) is 12.9. The number of aryl methyl sites for hydroxylation is 1. The average molecular weight is 446 g/mol. The molecule has 0 saturated carbocycles. The van der Waals surface area contributed by atoms with E-state index >= 15 is 0 Å². The summed E-state index contributed by atoms with van der Waals surface area (Å²) in [4.78, 5) is 27.8. The molecule has 140 valence electrons. The second-order valence-electron chi connectivity index (χ2n) is 6.44. The number of rotatable bonds is 6. The zero-order valence-corrected chi connectivity index (χ0v) is 17.3. The number of fused-ring (bicyclic) bond motifs is 1. The maximum atomic E-state index is 12.7. The van der Waals surface area contributed by atoms with Crippen LogP contribution in [0.1, 0.15) is 24.0 Å². The maximum Gasteiger partial charge on any atom is 0.262 e. The molecular weight excluding hydrogens is 426 g/mol. The van der Waals surface area contributed by atoms with Crippen molar-refractivity contribution in [3.63, 3.8) is 0 Å². The first kappa shape index (κ1) is 19.5. The monoisotopic (exact) mass is 445 g/mol. The highest BCUT2D eigenvalue weighted by Gasteiger charge is 2.08. The number of halogens is 1. The van der Waals surface area contributed by atoms with Crippen molar-refractivity contribution >= 4 is 45.0 Å². The molecule has 0 aliphatic rings. The summed E-state index contributed by atoms with van der Waals surface area (Å²) in [5, 5.41) is 3.48. The lowest BCUT2D eigenvalue weighted by atomic mass is 10.1. The van der Waals surface area contributed by atoms with E-state index in [-0.39, 0.29) is 11.5 Å². The van der Waals surface area contributed by atoms with Crippen molar-refractivity contribution in [1.29, 1.82) is 0 Å². The summed E-state index contributed by atoms with van der Waals surface area (Å²) in [6.07, 6.45) is 0.875. The Morgan fingerprint density at radius 3 is 2.70 bits per heavy atom. The van der Waals surface area contributed by atoms with Crippen LogP contribution in [0.5, 0.6) is 0 Å². The standard InChI is InChI=1S/C20H20BrN3O2S/c1-13-4-6-14(7-5-13)12-22-18(25)3-2-10-24-19(26)16-11-15(21)8-9-17(16)23-20(24)27/h4-9,11H,2-3,10,12H2,1H3,(H,22,25)(H,23,27). The van der Waals surface area contributed by atoms with Gasteiger partial charge in [0.15, 0.2) is 4.77 Å². The van der Waals surface area contributed by atoms with Crippen LogP contribution in [0, 0.1) is 11.7 Å². The third kappa shape index (κ3) is 4.93. The molecule has 0 atom stereocenters. The van der Waals surface area contributed by atoms with Gasteiger partial charge in [0.05, 0.1) is 10.9 Å². The largest absolute Gasteiger partial charge is 0.352 e. The summed E-state index contributed by atoms with van der Waals surface area (Å²) in [5.41, 5.74) is 2.82. The van der Waals surface area contributed by atoms with E-state index in [1.807, 2.05) is 43.3 Å². The second kappa shape index (κ2) is 8.63. The predicted octanol–water partition coefficient (Wildman–Crippen LogP) is 4.23. The van der Waals surface area contributed by atoms with E-state index in [0.717, 1.165) is 10.0 Å². The molecule has 0 saturated heterocycles. The molecule has 1 aromatic heterocycles. The van der Waals surface area contributed by atoms with Crippen LogP contribution in [0.15, 0.2) is 51.7 Å². The molecule has 2 aromatic carbocycles. The van der Waals surface area contributed by atoms with E-state index in [1.165, 1.54) is 10.1 Å². The van der Waals surface area contributed by atoms with Crippen molar-refractivity contribution in [2.24, 2.45) is 0 Å². The summed E-state index contributed by atoms with van der Waals surface area (Å²) in [7, 11) is 0. The Hall–Kier alpha value is -2.25. The Morgan fingerprint density at radius 1 is 1.22 bits per heavy atom. The van der Waals surface area contributed by atoms with Crippen LogP contribution in [-0.2, 0) is 17.9 Å². The number of H-pyrrole nitrogens is 1. The summed E-state index contributed by atoms with van der Waals surface area (Å²) < 4.78 is 2.71. The highest BCUT2D eigenvalue weighted by Crippen LogP contribution is 2.15. The number of aromatic nitrogens is 2. The number of carbonyl (C=O) groups is 1. The molecule has 7 heteroatoms. The molecule has 3 rings (SSSR count). The topological polar surface area (TPSA) is 66.9 Å². The molecule has 3 aromatic rings. The fourth-order valence-electron chi connectivity index (χ4n) is 2.82. The second-order valence-corrected chi connectivity index (χ2v) is 7.75. The third-order valence-electron chi connectivity index (χ3n) is 4.34. The van der Waals surface area contributed by atoms with Crippen molar-refractivity contribution in [3.05, 3.63) is 73.2 Å². The molecule has 0 aliphatic carbocycles. The first-order valence-electron chi connectivity index (χ1n) is 8.68. The molecular formula is C20H20BrN3O2S. The van der Waals surface area contributed by atoms with Gasteiger partial charge >= 0.3 is 0 Å². The highest BCUT2D eigenvalue weighted by atomic mass is 79.9. The normalized spacial score (nSPS) is 10.9. The van der Waals surface area contributed by atoms with E-state index in [2.05, 4.69) is 26.2 Å². The molecule has 5 nitrogen and oxygen atoms in total. The Balaban J connectivity index is 1.60.